The number of carbonyl (C=O) groups is 1. The molecule has 0 aliphatic heterocycles. The zero-order chi connectivity index (χ0) is 20.4. The molecular formula is C24H21N3O2. The van der Waals surface area contributed by atoms with Crippen LogP contribution in [-0.4, -0.2) is 15.7 Å². The topological polar surface area (TPSA) is 64.0 Å². The Morgan fingerprint density at radius 2 is 1.52 bits per heavy atom. The Kier molecular flexibility index (Phi) is 4.96. The van der Waals surface area contributed by atoms with Crippen molar-refractivity contribution in [3.63, 3.8) is 0 Å². The van der Waals surface area contributed by atoms with Crippen molar-refractivity contribution in [2.24, 2.45) is 0 Å². The lowest BCUT2D eigenvalue weighted by atomic mass is 10.1. The van der Waals surface area contributed by atoms with Gasteiger partial charge < -0.3 is 5.32 Å². The maximum atomic E-state index is 13.1. The quantitative estimate of drug-likeness (QED) is 0.571. The van der Waals surface area contributed by atoms with Crippen molar-refractivity contribution in [2.75, 3.05) is 5.32 Å². The number of aryl methyl sites for hydroxylation is 2. The molecule has 0 atom stereocenters. The van der Waals surface area contributed by atoms with Crippen molar-refractivity contribution in [3.05, 3.63) is 106 Å². The SMILES string of the molecule is Cc1cc(C)cc(NC(=O)c2nn(Cc3ccccc3)c(=O)c3ccccc23)c1. The molecule has 1 amide bonds. The van der Waals surface area contributed by atoms with Gasteiger partial charge in [-0.3, -0.25) is 9.59 Å². The normalized spacial score (nSPS) is 10.8. The minimum atomic E-state index is -0.340. The summed E-state index contributed by atoms with van der Waals surface area (Å²) < 4.78 is 1.36. The molecule has 0 radical (unpaired) electrons. The van der Waals surface area contributed by atoms with E-state index in [0.29, 0.717) is 23.0 Å². The molecule has 29 heavy (non-hydrogen) atoms. The highest BCUT2D eigenvalue weighted by Gasteiger charge is 2.17. The number of nitrogens with one attached hydrogen (secondary N) is 1. The van der Waals surface area contributed by atoms with Gasteiger partial charge in [-0.1, -0.05) is 54.6 Å². The third kappa shape index (κ3) is 3.94. The van der Waals surface area contributed by atoms with Gasteiger partial charge in [-0.05, 0) is 48.7 Å². The molecule has 5 heteroatoms. The van der Waals surface area contributed by atoms with E-state index in [1.165, 1.54) is 4.68 Å². The molecule has 4 aromatic rings. The summed E-state index contributed by atoms with van der Waals surface area (Å²) in [7, 11) is 0. The number of fused-ring (bicyclic) bond motifs is 1. The number of nitrogens with zero attached hydrogens (tertiary/aromatic N) is 2. The number of anilines is 1. The Hall–Kier alpha value is -3.73. The monoisotopic (exact) mass is 383 g/mol. The molecule has 5 nitrogen and oxygen atoms in total. The van der Waals surface area contributed by atoms with Crippen molar-refractivity contribution in [1.82, 2.24) is 9.78 Å². The highest BCUT2D eigenvalue weighted by molar-refractivity contribution is 6.11. The van der Waals surface area contributed by atoms with E-state index < -0.39 is 0 Å². The van der Waals surface area contributed by atoms with E-state index in [0.717, 1.165) is 16.7 Å². The lowest BCUT2D eigenvalue weighted by Gasteiger charge is -2.12. The van der Waals surface area contributed by atoms with Crippen molar-refractivity contribution < 1.29 is 4.79 Å². The van der Waals surface area contributed by atoms with Crippen LogP contribution in [0.1, 0.15) is 27.2 Å². The third-order valence-electron chi connectivity index (χ3n) is 4.74. The molecule has 144 valence electrons. The molecule has 0 aliphatic rings. The van der Waals surface area contributed by atoms with Crippen LogP contribution in [0.3, 0.4) is 0 Å². The molecule has 1 aromatic heterocycles. The molecule has 0 bridgehead atoms. The predicted molar refractivity (Wildman–Crippen MR) is 115 cm³/mol. The minimum absolute atomic E-state index is 0.215. The molecule has 0 spiro atoms. The van der Waals surface area contributed by atoms with Crippen LogP contribution in [0, 0.1) is 13.8 Å². The predicted octanol–water partition coefficient (Wildman–Crippen LogP) is 4.31. The van der Waals surface area contributed by atoms with Crippen LogP contribution in [0.25, 0.3) is 10.8 Å². The molecular weight excluding hydrogens is 362 g/mol. The Labute approximate surface area is 168 Å². The van der Waals surface area contributed by atoms with Crippen LogP contribution in [0.15, 0.2) is 77.6 Å². The second-order valence-electron chi connectivity index (χ2n) is 7.17. The molecule has 1 N–H and O–H groups in total. The second-order valence-corrected chi connectivity index (χ2v) is 7.17. The maximum absolute atomic E-state index is 13.1. The molecule has 0 saturated heterocycles. The van der Waals surface area contributed by atoms with Crippen molar-refractivity contribution >= 4 is 22.4 Å². The van der Waals surface area contributed by atoms with Crippen molar-refractivity contribution in [3.8, 4) is 0 Å². The van der Waals surface area contributed by atoms with E-state index >= 15 is 0 Å². The van der Waals surface area contributed by atoms with Gasteiger partial charge in [-0.15, -0.1) is 0 Å². The smallest absolute Gasteiger partial charge is 0.276 e. The van der Waals surface area contributed by atoms with E-state index in [1.54, 1.807) is 24.3 Å². The number of hydrogen-bond donors (Lipinski definition) is 1. The van der Waals surface area contributed by atoms with Crippen molar-refractivity contribution in [1.29, 1.82) is 0 Å². The molecule has 0 fully saturated rings. The average Bonchev–Trinajstić information content (AvgIpc) is 2.70. The first-order chi connectivity index (χ1) is 14.0. The second kappa shape index (κ2) is 7.72. The number of hydrogen-bond acceptors (Lipinski definition) is 3. The fraction of sp³-hybridized carbons (Fsp3) is 0.125. The van der Waals surface area contributed by atoms with E-state index in [9.17, 15) is 9.59 Å². The van der Waals surface area contributed by atoms with Gasteiger partial charge in [0.15, 0.2) is 5.69 Å². The van der Waals surface area contributed by atoms with Gasteiger partial charge in [0.05, 0.1) is 11.9 Å². The number of amides is 1. The Morgan fingerprint density at radius 1 is 0.897 bits per heavy atom. The number of aromatic nitrogens is 2. The van der Waals surface area contributed by atoms with E-state index in [4.69, 9.17) is 0 Å². The van der Waals surface area contributed by atoms with Crippen LogP contribution in [0.4, 0.5) is 5.69 Å². The van der Waals surface area contributed by atoms with Gasteiger partial charge in [0.25, 0.3) is 11.5 Å². The first kappa shape index (κ1) is 18.6. The molecule has 4 rings (SSSR count). The summed E-state index contributed by atoms with van der Waals surface area (Å²) in [6.45, 7) is 4.26. The Bertz CT molecular complexity index is 1240. The summed E-state index contributed by atoms with van der Waals surface area (Å²) in [4.78, 5) is 26.0. The van der Waals surface area contributed by atoms with E-state index in [-0.39, 0.29) is 17.2 Å². The van der Waals surface area contributed by atoms with Gasteiger partial charge >= 0.3 is 0 Å². The zero-order valence-electron chi connectivity index (χ0n) is 16.3. The zero-order valence-corrected chi connectivity index (χ0v) is 16.3. The molecule has 0 aliphatic carbocycles. The van der Waals surface area contributed by atoms with Gasteiger partial charge in [0.1, 0.15) is 0 Å². The fourth-order valence-electron chi connectivity index (χ4n) is 3.50. The first-order valence-corrected chi connectivity index (χ1v) is 9.45. The van der Waals surface area contributed by atoms with Gasteiger partial charge in [0, 0.05) is 11.1 Å². The van der Waals surface area contributed by atoms with E-state index in [1.807, 2.05) is 62.4 Å². The van der Waals surface area contributed by atoms with Gasteiger partial charge in [0.2, 0.25) is 0 Å². The highest BCUT2D eigenvalue weighted by atomic mass is 16.2. The molecule has 3 aromatic carbocycles. The highest BCUT2D eigenvalue weighted by Crippen LogP contribution is 2.18. The molecule has 0 saturated carbocycles. The number of benzene rings is 3. The largest absolute Gasteiger partial charge is 0.321 e. The fourth-order valence-corrected chi connectivity index (χ4v) is 3.50. The average molecular weight is 383 g/mol. The Balaban J connectivity index is 1.79. The molecule has 0 unspecified atom stereocenters. The summed E-state index contributed by atoms with van der Waals surface area (Å²) in [5.41, 5.74) is 3.79. The number of rotatable bonds is 4. The lowest BCUT2D eigenvalue weighted by molar-refractivity contribution is 0.102. The standard InChI is InChI=1S/C24H21N3O2/c1-16-12-17(2)14-19(13-16)25-23(28)22-20-10-6-7-11-21(20)24(29)27(26-22)15-18-8-4-3-5-9-18/h3-14H,15H2,1-2H3,(H,25,28). The van der Waals surface area contributed by atoms with Crippen LogP contribution in [-0.2, 0) is 6.54 Å². The summed E-state index contributed by atoms with van der Waals surface area (Å²) in [5, 5.41) is 8.38. The third-order valence-corrected chi connectivity index (χ3v) is 4.74. The van der Waals surface area contributed by atoms with Crippen LogP contribution >= 0.6 is 0 Å². The lowest BCUT2D eigenvalue weighted by Crippen LogP contribution is -2.28. The minimum Gasteiger partial charge on any atom is -0.321 e. The van der Waals surface area contributed by atoms with Crippen molar-refractivity contribution in [2.45, 2.75) is 20.4 Å². The maximum Gasteiger partial charge on any atom is 0.276 e. The van der Waals surface area contributed by atoms with Gasteiger partial charge in [-0.2, -0.15) is 5.10 Å². The van der Waals surface area contributed by atoms with Crippen LogP contribution in [0.2, 0.25) is 0 Å². The van der Waals surface area contributed by atoms with Crippen LogP contribution in [0.5, 0.6) is 0 Å². The number of carbonyl (C=O) groups excluding carboxylic acids is 1. The summed E-state index contributed by atoms with van der Waals surface area (Å²) in [6.07, 6.45) is 0. The summed E-state index contributed by atoms with van der Waals surface area (Å²) in [5.74, 6) is -0.340. The van der Waals surface area contributed by atoms with Gasteiger partial charge in [-0.25, -0.2) is 4.68 Å². The Morgan fingerprint density at radius 3 is 2.21 bits per heavy atom. The van der Waals surface area contributed by atoms with Crippen LogP contribution < -0.4 is 10.9 Å². The molecule has 1 heterocycles. The summed E-state index contributed by atoms with van der Waals surface area (Å²) in [6, 6.07) is 22.6. The first-order valence-electron chi connectivity index (χ1n) is 9.45. The van der Waals surface area contributed by atoms with E-state index in [2.05, 4.69) is 10.4 Å². The summed E-state index contributed by atoms with van der Waals surface area (Å²) >= 11 is 0.